The third kappa shape index (κ3) is 2.65. The summed E-state index contributed by atoms with van der Waals surface area (Å²) in [6.07, 6.45) is 4.32. The smallest absolute Gasteiger partial charge is 0.317 e. The van der Waals surface area contributed by atoms with Crippen molar-refractivity contribution < 1.29 is 9.90 Å². The van der Waals surface area contributed by atoms with E-state index in [9.17, 15) is 9.90 Å². The number of hydrogen-bond acceptors (Lipinski definition) is 3. The zero-order valence-corrected chi connectivity index (χ0v) is 9.56. The highest BCUT2D eigenvalue weighted by atomic mass is 16.3. The molecule has 1 saturated heterocycles. The predicted molar refractivity (Wildman–Crippen MR) is 61.0 cm³/mol. The maximum atomic E-state index is 11.9. The van der Waals surface area contributed by atoms with Crippen LogP contribution in [0.1, 0.15) is 32.1 Å². The maximum Gasteiger partial charge on any atom is 0.317 e. The topological polar surface area (TPSA) is 78.6 Å². The Morgan fingerprint density at radius 3 is 2.69 bits per heavy atom. The Balaban J connectivity index is 1.82. The van der Waals surface area contributed by atoms with Crippen molar-refractivity contribution in [3.63, 3.8) is 0 Å². The van der Waals surface area contributed by atoms with Crippen molar-refractivity contribution in [2.45, 2.75) is 50.3 Å². The van der Waals surface area contributed by atoms with Crippen LogP contribution in [0.25, 0.3) is 0 Å². The molecular weight excluding hydrogens is 206 g/mol. The number of aliphatic hydroxyl groups excluding tert-OH is 1. The normalized spacial score (nSPS) is 35.1. The quantitative estimate of drug-likeness (QED) is 0.591. The van der Waals surface area contributed by atoms with Crippen LogP contribution in [0.4, 0.5) is 4.79 Å². The number of hydrogen-bond donors (Lipinski definition) is 3. The highest BCUT2D eigenvalue weighted by molar-refractivity contribution is 5.75. The summed E-state index contributed by atoms with van der Waals surface area (Å²) in [6.45, 7) is 1.37. The fraction of sp³-hybridized carbons (Fsp3) is 0.909. The second-order valence-corrected chi connectivity index (χ2v) is 4.90. The van der Waals surface area contributed by atoms with Crippen LogP contribution >= 0.6 is 0 Å². The molecule has 4 N–H and O–H groups in total. The molecule has 1 aliphatic heterocycles. The molecule has 2 aliphatic rings. The zero-order chi connectivity index (χ0) is 11.5. The van der Waals surface area contributed by atoms with E-state index in [-0.39, 0.29) is 24.2 Å². The molecule has 0 unspecified atom stereocenters. The van der Waals surface area contributed by atoms with Gasteiger partial charge < -0.3 is 21.1 Å². The number of rotatable bonds is 1. The third-order valence-electron chi connectivity index (χ3n) is 3.55. The first-order valence-electron chi connectivity index (χ1n) is 6.16. The summed E-state index contributed by atoms with van der Waals surface area (Å²) >= 11 is 0. The minimum atomic E-state index is -0.381. The van der Waals surface area contributed by atoms with Gasteiger partial charge in [0.15, 0.2) is 0 Å². The lowest BCUT2D eigenvalue weighted by atomic mass is 9.93. The first kappa shape index (κ1) is 11.7. The van der Waals surface area contributed by atoms with Gasteiger partial charge in [-0.15, -0.1) is 0 Å². The number of nitrogens with zero attached hydrogens (tertiary/aromatic N) is 1. The Labute approximate surface area is 96.0 Å². The summed E-state index contributed by atoms with van der Waals surface area (Å²) < 4.78 is 0. The molecule has 0 aromatic rings. The molecule has 0 aromatic carbocycles. The van der Waals surface area contributed by atoms with Crippen LogP contribution in [-0.2, 0) is 0 Å². The fourth-order valence-electron chi connectivity index (χ4n) is 2.50. The molecule has 92 valence electrons. The lowest BCUT2D eigenvalue weighted by Crippen LogP contribution is -2.50. The largest absolute Gasteiger partial charge is 0.391 e. The van der Waals surface area contributed by atoms with Crippen LogP contribution in [0, 0.1) is 0 Å². The molecule has 2 amide bonds. The number of amides is 2. The van der Waals surface area contributed by atoms with Crippen molar-refractivity contribution in [2.24, 2.45) is 5.73 Å². The maximum absolute atomic E-state index is 11.9. The van der Waals surface area contributed by atoms with Gasteiger partial charge >= 0.3 is 6.03 Å². The average molecular weight is 227 g/mol. The monoisotopic (exact) mass is 227 g/mol. The minimum Gasteiger partial charge on any atom is -0.391 e. The number of carbonyl (C=O) groups excluding carboxylic acids is 1. The van der Waals surface area contributed by atoms with Gasteiger partial charge in [0.25, 0.3) is 0 Å². The minimum absolute atomic E-state index is 0.0705. The van der Waals surface area contributed by atoms with Crippen LogP contribution < -0.4 is 11.1 Å². The van der Waals surface area contributed by atoms with Gasteiger partial charge in [-0.25, -0.2) is 4.79 Å². The second-order valence-electron chi connectivity index (χ2n) is 4.90. The Morgan fingerprint density at radius 2 is 2.06 bits per heavy atom. The number of aliphatic hydroxyl groups is 1. The molecule has 5 heteroatoms. The van der Waals surface area contributed by atoms with Crippen LogP contribution in [0.3, 0.4) is 0 Å². The van der Waals surface area contributed by atoms with Crippen LogP contribution in [0.5, 0.6) is 0 Å². The fourth-order valence-corrected chi connectivity index (χ4v) is 2.50. The molecule has 1 saturated carbocycles. The Kier molecular flexibility index (Phi) is 3.66. The van der Waals surface area contributed by atoms with Gasteiger partial charge in [0.1, 0.15) is 0 Å². The highest BCUT2D eigenvalue weighted by Gasteiger charge is 2.28. The lowest BCUT2D eigenvalue weighted by molar-refractivity contribution is 0.0908. The van der Waals surface area contributed by atoms with Crippen LogP contribution in [-0.4, -0.2) is 47.3 Å². The van der Waals surface area contributed by atoms with Gasteiger partial charge in [-0.05, 0) is 19.3 Å². The summed E-state index contributed by atoms with van der Waals surface area (Å²) in [4.78, 5) is 13.6. The van der Waals surface area contributed by atoms with Crippen molar-refractivity contribution in [1.29, 1.82) is 0 Å². The highest BCUT2D eigenvalue weighted by Crippen LogP contribution is 2.19. The van der Waals surface area contributed by atoms with E-state index in [1.807, 2.05) is 0 Å². The number of likely N-dealkylation sites (tertiary alicyclic amines) is 1. The molecule has 2 fully saturated rings. The van der Waals surface area contributed by atoms with Crippen molar-refractivity contribution in [3.8, 4) is 0 Å². The molecular formula is C11H21N3O2. The van der Waals surface area contributed by atoms with Gasteiger partial charge in [0.05, 0.1) is 12.1 Å². The van der Waals surface area contributed by atoms with E-state index in [2.05, 4.69) is 5.32 Å². The van der Waals surface area contributed by atoms with Crippen molar-refractivity contribution in [1.82, 2.24) is 10.2 Å². The number of nitrogens with one attached hydrogen (secondary N) is 1. The molecule has 0 spiro atoms. The lowest BCUT2D eigenvalue weighted by Gasteiger charge is -2.30. The van der Waals surface area contributed by atoms with E-state index in [4.69, 9.17) is 5.73 Å². The van der Waals surface area contributed by atoms with Gasteiger partial charge in [-0.2, -0.15) is 0 Å². The number of nitrogens with two attached hydrogens (primary N) is 1. The van der Waals surface area contributed by atoms with Gasteiger partial charge in [-0.1, -0.05) is 12.8 Å². The first-order valence-corrected chi connectivity index (χ1v) is 6.16. The van der Waals surface area contributed by atoms with E-state index >= 15 is 0 Å². The van der Waals surface area contributed by atoms with Gasteiger partial charge in [0.2, 0.25) is 0 Å². The average Bonchev–Trinajstić information content (AvgIpc) is 2.68. The summed E-state index contributed by atoms with van der Waals surface area (Å²) in [5, 5.41) is 12.7. The molecule has 5 nitrogen and oxygen atoms in total. The molecule has 1 heterocycles. The number of carbonyl (C=O) groups is 1. The van der Waals surface area contributed by atoms with Crippen LogP contribution in [0.15, 0.2) is 0 Å². The first-order chi connectivity index (χ1) is 7.66. The predicted octanol–water partition coefficient (Wildman–Crippen LogP) is 0.0325. The summed E-state index contributed by atoms with van der Waals surface area (Å²) in [5.41, 5.74) is 5.75. The molecule has 2 rings (SSSR count). The van der Waals surface area contributed by atoms with Gasteiger partial charge in [-0.3, -0.25) is 0 Å². The Hall–Kier alpha value is -0.810. The zero-order valence-electron chi connectivity index (χ0n) is 9.56. The van der Waals surface area contributed by atoms with Crippen molar-refractivity contribution >= 4 is 6.03 Å². The van der Waals surface area contributed by atoms with E-state index in [0.717, 1.165) is 38.6 Å². The Bertz CT molecular complexity index is 260. The van der Waals surface area contributed by atoms with Crippen molar-refractivity contribution in [2.75, 3.05) is 13.1 Å². The third-order valence-corrected chi connectivity index (χ3v) is 3.55. The van der Waals surface area contributed by atoms with Crippen molar-refractivity contribution in [3.05, 3.63) is 0 Å². The van der Waals surface area contributed by atoms with Gasteiger partial charge in [0, 0.05) is 19.1 Å². The second kappa shape index (κ2) is 5.01. The molecule has 0 bridgehead atoms. The SMILES string of the molecule is N[C@@H]1CCN(C(=O)N[C@@H]2CCCC[C@H]2O)C1. The molecule has 3 atom stereocenters. The van der Waals surface area contributed by atoms with E-state index in [0.29, 0.717) is 6.54 Å². The molecule has 0 radical (unpaired) electrons. The van der Waals surface area contributed by atoms with E-state index in [1.54, 1.807) is 4.90 Å². The van der Waals surface area contributed by atoms with E-state index < -0.39 is 0 Å². The molecule has 0 aromatic heterocycles. The summed E-state index contributed by atoms with van der Waals surface area (Å²) in [5.74, 6) is 0. The molecule has 16 heavy (non-hydrogen) atoms. The van der Waals surface area contributed by atoms with E-state index in [1.165, 1.54) is 0 Å². The molecule has 1 aliphatic carbocycles. The van der Waals surface area contributed by atoms with Crippen LogP contribution in [0.2, 0.25) is 0 Å². The summed E-state index contributed by atoms with van der Waals surface area (Å²) in [7, 11) is 0. The summed E-state index contributed by atoms with van der Waals surface area (Å²) in [6, 6.07) is -0.0287. The standard InChI is InChI=1S/C11H21N3O2/c12-8-5-6-14(7-8)11(16)13-9-3-1-2-4-10(9)15/h8-10,15H,1-7,12H2,(H,13,16)/t8-,9-,10-/m1/s1. The Morgan fingerprint density at radius 1 is 1.31 bits per heavy atom. The number of urea groups is 1.